The van der Waals surface area contributed by atoms with E-state index in [1.165, 1.54) is 34.4 Å². The van der Waals surface area contributed by atoms with Crippen LogP contribution in [0.5, 0.6) is 0 Å². The van der Waals surface area contributed by atoms with Gasteiger partial charge in [0.25, 0.3) is 5.56 Å². The van der Waals surface area contributed by atoms with Gasteiger partial charge in [-0.25, -0.2) is 14.2 Å². The van der Waals surface area contributed by atoms with Crippen LogP contribution in [0.1, 0.15) is 26.3 Å². The van der Waals surface area contributed by atoms with Crippen LogP contribution < -0.4 is 5.56 Å². The molecule has 3 rings (SSSR count). The van der Waals surface area contributed by atoms with E-state index >= 15 is 0 Å². The first-order valence-corrected chi connectivity index (χ1v) is 8.81. The first-order chi connectivity index (χ1) is 12.0. The summed E-state index contributed by atoms with van der Waals surface area (Å²) >= 11 is 1.34. The molecule has 1 aromatic carbocycles. The fraction of sp³-hybridized carbons (Fsp3) is 0.278. The van der Waals surface area contributed by atoms with Crippen LogP contribution >= 0.6 is 11.3 Å². The summed E-state index contributed by atoms with van der Waals surface area (Å²) in [6, 6.07) is 5.16. The van der Waals surface area contributed by atoms with Crippen LogP contribution in [-0.2, 0) is 9.53 Å². The van der Waals surface area contributed by atoms with Gasteiger partial charge in [0.1, 0.15) is 16.7 Å². The van der Waals surface area contributed by atoms with Gasteiger partial charge in [-0.1, -0.05) is 19.1 Å². The first-order valence-electron chi connectivity index (χ1n) is 7.93. The number of carbonyl (C=O) groups is 1. The Morgan fingerprint density at radius 3 is 2.76 bits per heavy atom. The highest BCUT2D eigenvalue weighted by molar-refractivity contribution is 7.17. The Morgan fingerprint density at radius 1 is 1.36 bits per heavy atom. The Bertz CT molecular complexity index is 963. The Hall–Kier alpha value is -2.54. The van der Waals surface area contributed by atoms with E-state index in [9.17, 15) is 14.0 Å². The van der Waals surface area contributed by atoms with Crippen LogP contribution in [0, 0.1) is 5.82 Å². The number of benzene rings is 1. The summed E-state index contributed by atoms with van der Waals surface area (Å²) in [4.78, 5) is 29.9. The molecule has 0 spiro atoms. The van der Waals surface area contributed by atoms with Crippen LogP contribution in [0.3, 0.4) is 0 Å². The molecule has 0 amide bonds. The Labute approximate surface area is 147 Å². The molecule has 7 heteroatoms. The monoisotopic (exact) mass is 360 g/mol. The minimum absolute atomic E-state index is 0.312. The van der Waals surface area contributed by atoms with Crippen molar-refractivity contribution < 1.29 is 13.9 Å². The van der Waals surface area contributed by atoms with Gasteiger partial charge in [0.05, 0.1) is 18.3 Å². The molecule has 0 unspecified atom stereocenters. The number of rotatable bonds is 5. The van der Waals surface area contributed by atoms with E-state index < -0.39 is 12.0 Å². The average Bonchev–Trinajstić information content (AvgIpc) is 3.05. The normalized spacial score (nSPS) is 12.3. The first kappa shape index (κ1) is 17.3. The highest BCUT2D eigenvalue weighted by Gasteiger charge is 2.21. The minimum Gasteiger partial charge on any atom is -0.464 e. The third-order valence-corrected chi connectivity index (χ3v) is 4.77. The highest BCUT2D eigenvalue weighted by atomic mass is 32.1. The van der Waals surface area contributed by atoms with Gasteiger partial charge >= 0.3 is 5.97 Å². The zero-order chi connectivity index (χ0) is 18.0. The van der Waals surface area contributed by atoms with Crippen molar-refractivity contribution in [3.05, 3.63) is 52.1 Å². The van der Waals surface area contributed by atoms with Crippen molar-refractivity contribution in [2.45, 2.75) is 26.3 Å². The number of fused-ring (bicyclic) bond motifs is 1. The quantitative estimate of drug-likeness (QED) is 0.650. The SMILES string of the molecule is CCCOC(=O)[C@H](C)n1cnc2scc(-c3ccc(F)cc3)c2c1=O. The van der Waals surface area contributed by atoms with Crippen molar-refractivity contribution in [3.63, 3.8) is 0 Å². The van der Waals surface area contributed by atoms with E-state index in [0.717, 1.165) is 5.56 Å². The second-order valence-electron chi connectivity index (χ2n) is 5.64. The van der Waals surface area contributed by atoms with Crippen molar-refractivity contribution >= 4 is 27.5 Å². The molecule has 0 aliphatic carbocycles. The molecule has 0 N–H and O–H groups in total. The number of hydrogen-bond acceptors (Lipinski definition) is 5. The summed E-state index contributed by atoms with van der Waals surface area (Å²) in [7, 11) is 0. The molecule has 0 aliphatic heterocycles. The molecule has 2 heterocycles. The molecular formula is C18H17FN2O3S. The molecule has 5 nitrogen and oxygen atoms in total. The van der Waals surface area contributed by atoms with Gasteiger partial charge in [-0.05, 0) is 31.0 Å². The lowest BCUT2D eigenvalue weighted by molar-refractivity contribution is -0.147. The van der Waals surface area contributed by atoms with Gasteiger partial charge in [0, 0.05) is 10.9 Å². The average molecular weight is 360 g/mol. The molecule has 3 aromatic rings. The van der Waals surface area contributed by atoms with E-state index in [1.807, 2.05) is 12.3 Å². The second-order valence-corrected chi connectivity index (χ2v) is 6.49. The van der Waals surface area contributed by atoms with Crippen LogP contribution in [0.25, 0.3) is 21.3 Å². The number of hydrogen-bond donors (Lipinski definition) is 0. The third-order valence-electron chi connectivity index (χ3n) is 3.88. The van der Waals surface area contributed by atoms with Crippen molar-refractivity contribution in [3.8, 4) is 11.1 Å². The summed E-state index contributed by atoms with van der Waals surface area (Å²) in [5, 5.41) is 2.24. The third kappa shape index (κ3) is 3.32. The van der Waals surface area contributed by atoms with Crippen molar-refractivity contribution in [1.82, 2.24) is 9.55 Å². The Kier molecular flexibility index (Phi) is 4.94. The molecule has 0 saturated heterocycles. The van der Waals surface area contributed by atoms with Crippen molar-refractivity contribution in [2.24, 2.45) is 0 Å². The number of carbonyl (C=O) groups excluding carboxylic acids is 1. The predicted molar refractivity (Wildman–Crippen MR) is 95.2 cm³/mol. The molecule has 130 valence electrons. The van der Waals surface area contributed by atoms with Crippen LogP contribution in [0.2, 0.25) is 0 Å². The summed E-state index contributed by atoms with van der Waals surface area (Å²) < 4.78 is 19.6. The number of esters is 1. The zero-order valence-electron chi connectivity index (χ0n) is 13.9. The standard InChI is InChI=1S/C18H17FN2O3S/c1-3-8-24-18(23)11(2)21-10-20-16-15(17(21)22)14(9-25-16)12-4-6-13(19)7-5-12/h4-7,9-11H,3,8H2,1-2H3/t11-/m0/s1. The Balaban J connectivity index is 2.07. The molecule has 2 aromatic heterocycles. The largest absolute Gasteiger partial charge is 0.464 e. The van der Waals surface area contributed by atoms with E-state index in [-0.39, 0.29) is 11.4 Å². The van der Waals surface area contributed by atoms with E-state index in [4.69, 9.17) is 4.74 Å². The molecule has 0 radical (unpaired) electrons. The molecule has 1 atom stereocenters. The second kappa shape index (κ2) is 7.14. The molecule has 0 fully saturated rings. The van der Waals surface area contributed by atoms with Gasteiger partial charge in [0.15, 0.2) is 0 Å². The van der Waals surface area contributed by atoms with Crippen LogP contribution in [0.4, 0.5) is 4.39 Å². The predicted octanol–water partition coefficient (Wildman–Crippen LogP) is 3.78. The maximum atomic E-state index is 13.2. The topological polar surface area (TPSA) is 61.2 Å². The zero-order valence-corrected chi connectivity index (χ0v) is 14.7. The maximum Gasteiger partial charge on any atom is 0.328 e. The summed E-state index contributed by atoms with van der Waals surface area (Å²) in [6.45, 7) is 3.82. The molecule has 0 saturated carbocycles. The van der Waals surface area contributed by atoms with Gasteiger partial charge in [-0.3, -0.25) is 9.36 Å². The van der Waals surface area contributed by atoms with Gasteiger partial charge < -0.3 is 4.74 Å². The van der Waals surface area contributed by atoms with Gasteiger partial charge in [-0.15, -0.1) is 11.3 Å². The fourth-order valence-electron chi connectivity index (χ4n) is 2.50. The summed E-state index contributed by atoms with van der Waals surface area (Å²) in [6.07, 6.45) is 2.08. The van der Waals surface area contributed by atoms with Crippen molar-refractivity contribution in [1.29, 1.82) is 0 Å². The molecular weight excluding hydrogens is 343 g/mol. The van der Waals surface area contributed by atoms with Crippen LogP contribution in [0.15, 0.2) is 40.8 Å². The van der Waals surface area contributed by atoms with Gasteiger partial charge in [-0.2, -0.15) is 0 Å². The number of nitrogens with zero attached hydrogens (tertiary/aromatic N) is 2. The number of ether oxygens (including phenoxy) is 1. The molecule has 0 bridgehead atoms. The van der Waals surface area contributed by atoms with Gasteiger partial charge in [0.2, 0.25) is 0 Å². The summed E-state index contributed by atoms with van der Waals surface area (Å²) in [5.74, 6) is -0.810. The Morgan fingerprint density at radius 2 is 2.08 bits per heavy atom. The summed E-state index contributed by atoms with van der Waals surface area (Å²) in [5.41, 5.74) is 1.10. The molecule has 0 aliphatic rings. The minimum atomic E-state index is -0.767. The number of aromatic nitrogens is 2. The smallest absolute Gasteiger partial charge is 0.328 e. The van der Waals surface area contributed by atoms with E-state index in [1.54, 1.807) is 19.1 Å². The fourth-order valence-corrected chi connectivity index (χ4v) is 3.41. The van der Waals surface area contributed by atoms with E-state index in [2.05, 4.69) is 4.98 Å². The van der Waals surface area contributed by atoms with Crippen molar-refractivity contribution in [2.75, 3.05) is 6.61 Å². The molecule has 25 heavy (non-hydrogen) atoms. The lowest BCUT2D eigenvalue weighted by atomic mass is 10.1. The number of halogens is 1. The van der Waals surface area contributed by atoms with Crippen LogP contribution in [-0.4, -0.2) is 22.1 Å². The number of thiophene rings is 1. The maximum absolute atomic E-state index is 13.2. The van der Waals surface area contributed by atoms with E-state index in [0.29, 0.717) is 28.8 Å². The lowest BCUT2D eigenvalue weighted by Crippen LogP contribution is -2.29. The highest BCUT2D eigenvalue weighted by Crippen LogP contribution is 2.30. The lowest BCUT2D eigenvalue weighted by Gasteiger charge is -2.14.